The van der Waals surface area contributed by atoms with Gasteiger partial charge in [0.2, 0.25) is 0 Å². The molecule has 1 atom stereocenters. The molecule has 4 heteroatoms. The first kappa shape index (κ1) is 11.5. The molecular weight excluding hydrogens is 194 g/mol. The van der Waals surface area contributed by atoms with Gasteiger partial charge in [0, 0.05) is 18.7 Å². The summed E-state index contributed by atoms with van der Waals surface area (Å²) in [6.07, 6.45) is 0. The summed E-state index contributed by atoms with van der Waals surface area (Å²) in [6, 6.07) is 6.03. The molecule has 0 fully saturated rings. The molecule has 3 N–H and O–H groups in total. The minimum absolute atomic E-state index is 0.0473. The molecule has 1 unspecified atom stereocenters. The van der Waals surface area contributed by atoms with Crippen LogP contribution in [0, 0.1) is 5.92 Å². The van der Waals surface area contributed by atoms with Gasteiger partial charge in [0.1, 0.15) is 5.75 Å². The van der Waals surface area contributed by atoms with Gasteiger partial charge in [-0.1, -0.05) is 6.92 Å². The minimum Gasteiger partial charge on any atom is -0.508 e. The molecule has 0 heterocycles. The molecule has 0 radical (unpaired) electrons. The second kappa shape index (κ2) is 5.36. The van der Waals surface area contributed by atoms with E-state index in [0.717, 1.165) is 0 Å². The number of phenolic OH excluding ortho intramolecular Hbond substituents is 1. The van der Waals surface area contributed by atoms with Crippen LogP contribution < -0.4 is 5.32 Å². The fourth-order valence-corrected chi connectivity index (χ4v) is 1.05. The predicted molar refractivity (Wildman–Crippen MR) is 56.7 cm³/mol. The highest BCUT2D eigenvalue weighted by molar-refractivity contribution is 5.94. The zero-order chi connectivity index (χ0) is 11.3. The summed E-state index contributed by atoms with van der Waals surface area (Å²) in [5.74, 6) is -0.0170. The van der Waals surface area contributed by atoms with E-state index in [4.69, 9.17) is 10.2 Å². The Balaban J connectivity index is 2.50. The number of amides is 1. The number of phenols is 1. The number of rotatable bonds is 4. The van der Waals surface area contributed by atoms with E-state index < -0.39 is 0 Å². The lowest BCUT2D eigenvalue weighted by atomic mass is 10.1. The average Bonchev–Trinajstić information content (AvgIpc) is 2.26. The maximum atomic E-state index is 11.5. The molecule has 1 aromatic rings. The normalized spacial score (nSPS) is 12.1. The zero-order valence-electron chi connectivity index (χ0n) is 8.60. The lowest BCUT2D eigenvalue weighted by Gasteiger charge is -2.09. The van der Waals surface area contributed by atoms with Crippen LogP contribution in [0.2, 0.25) is 0 Å². The summed E-state index contributed by atoms with van der Waals surface area (Å²) in [5, 5.41) is 20.5. The Kier molecular flexibility index (Phi) is 4.12. The van der Waals surface area contributed by atoms with Crippen molar-refractivity contribution in [2.24, 2.45) is 5.92 Å². The lowest BCUT2D eigenvalue weighted by Crippen LogP contribution is -2.29. The highest BCUT2D eigenvalue weighted by Gasteiger charge is 2.06. The smallest absolute Gasteiger partial charge is 0.251 e. The zero-order valence-corrected chi connectivity index (χ0v) is 8.60. The Labute approximate surface area is 88.6 Å². The van der Waals surface area contributed by atoms with E-state index in [0.29, 0.717) is 12.1 Å². The number of hydrogen-bond acceptors (Lipinski definition) is 3. The molecule has 0 saturated heterocycles. The van der Waals surface area contributed by atoms with Gasteiger partial charge in [-0.05, 0) is 30.2 Å². The summed E-state index contributed by atoms with van der Waals surface area (Å²) >= 11 is 0. The fraction of sp³-hybridized carbons (Fsp3) is 0.364. The standard InChI is InChI=1S/C11H15NO3/c1-8(7-13)6-12-11(15)9-2-4-10(14)5-3-9/h2-5,8,13-14H,6-7H2,1H3,(H,12,15). The topological polar surface area (TPSA) is 69.6 Å². The summed E-state index contributed by atoms with van der Waals surface area (Å²) in [5.41, 5.74) is 0.498. The molecule has 15 heavy (non-hydrogen) atoms. The molecule has 0 spiro atoms. The summed E-state index contributed by atoms with van der Waals surface area (Å²) in [7, 11) is 0. The molecule has 0 saturated carbocycles. The molecule has 0 aliphatic carbocycles. The van der Waals surface area contributed by atoms with E-state index in [1.54, 1.807) is 12.1 Å². The quantitative estimate of drug-likeness (QED) is 0.685. The third-order valence-corrected chi connectivity index (χ3v) is 2.05. The Morgan fingerprint density at radius 2 is 2.00 bits per heavy atom. The van der Waals surface area contributed by atoms with Crippen molar-refractivity contribution >= 4 is 5.91 Å². The maximum Gasteiger partial charge on any atom is 0.251 e. The van der Waals surface area contributed by atoms with Gasteiger partial charge in [0.15, 0.2) is 0 Å². The number of hydrogen-bond donors (Lipinski definition) is 3. The number of aromatic hydroxyl groups is 1. The van der Waals surface area contributed by atoms with Gasteiger partial charge >= 0.3 is 0 Å². The molecule has 0 bridgehead atoms. The van der Waals surface area contributed by atoms with E-state index in [2.05, 4.69) is 5.32 Å². The van der Waals surface area contributed by atoms with Crippen LogP contribution in [0.15, 0.2) is 24.3 Å². The van der Waals surface area contributed by atoms with Crippen LogP contribution in [0.5, 0.6) is 5.75 Å². The van der Waals surface area contributed by atoms with Crippen LogP contribution >= 0.6 is 0 Å². The Bertz CT molecular complexity index is 321. The lowest BCUT2D eigenvalue weighted by molar-refractivity contribution is 0.0942. The maximum absolute atomic E-state index is 11.5. The number of aliphatic hydroxyl groups is 1. The Morgan fingerprint density at radius 3 is 2.53 bits per heavy atom. The van der Waals surface area contributed by atoms with Crippen molar-refractivity contribution in [3.63, 3.8) is 0 Å². The van der Waals surface area contributed by atoms with E-state index in [1.807, 2.05) is 6.92 Å². The average molecular weight is 209 g/mol. The van der Waals surface area contributed by atoms with Crippen LogP contribution in [0.1, 0.15) is 17.3 Å². The molecule has 0 aliphatic rings. The highest BCUT2D eigenvalue weighted by atomic mass is 16.3. The van der Waals surface area contributed by atoms with Crippen molar-refractivity contribution in [1.82, 2.24) is 5.32 Å². The molecule has 0 aromatic heterocycles. The second-order valence-corrected chi connectivity index (χ2v) is 3.54. The Morgan fingerprint density at radius 1 is 1.40 bits per heavy atom. The van der Waals surface area contributed by atoms with Gasteiger partial charge in [-0.15, -0.1) is 0 Å². The van der Waals surface area contributed by atoms with Gasteiger partial charge in [-0.2, -0.15) is 0 Å². The van der Waals surface area contributed by atoms with Gasteiger partial charge in [-0.25, -0.2) is 0 Å². The predicted octanol–water partition coefficient (Wildman–Crippen LogP) is 0.750. The second-order valence-electron chi connectivity index (χ2n) is 3.54. The van der Waals surface area contributed by atoms with E-state index in [1.165, 1.54) is 12.1 Å². The molecule has 0 aliphatic heterocycles. The van der Waals surface area contributed by atoms with Gasteiger partial charge in [-0.3, -0.25) is 4.79 Å². The molecular formula is C11H15NO3. The van der Waals surface area contributed by atoms with Crippen molar-refractivity contribution in [3.05, 3.63) is 29.8 Å². The highest BCUT2D eigenvalue weighted by Crippen LogP contribution is 2.09. The van der Waals surface area contributed by atoms with Crippen molar-refractivity contribution in [2.45, 2.75) is 6.92 Å². The van der Waals surface area contributed by atoms with Crippen molar-refractivity contribution < 1.29 is 15.0 Å². The summed E-state index contributed by atoms with van der Waals surface area (Å²) in [6.45, 7) is 2.34. The fourth-order valence-electron chi connectivity index (χ4n) is 1.05. The SMILES string of the molecule is CC(CO)CNC(=O)c1ccc(O)cc1. The largest absolute Gasteiger partial charge is 0.508 e. The van der Waals surface area contributed by atoms with E-state index in [9.17, 15) is 4.79 Å². The van der Waals surface area contributed by atoms with Crippen LogP contribution in [-0.4, -0.2) is 29.3 Å². The molecule has 1 rings (SSSR count). The van der Waals surface area contributed by atoms with E-state index >= 15 is 0 Å². The summed E-state index contributed by atoms with van der Waals surface area (Å²) < 4.78 is 0. The van der Waals surface area contributed by atoms with Crippen molar-refractivity contribution in [3.8, 4) is 5.75 Å². The molecule has 4 nitrogen and oxygen atoms in total. The van der Waals surface area contributed by atoms with Crippen molar-refractivity contribution in [2.75, 3.05) is 13.2 Å². The third kappa shape index (κ3) is 3.59. The van der Waals surface area contributed by atoms with Gasteiger partial charge in [0.05, 0.1) is 0 Å². The number of benzene rings is 1. The third-order valence-electron chi connectivity index (χ3n) is 2.05. The minimum atomic E-state index is -0.199. The first-order chi connectivity index (χ1) is 7.13. The number of aliphatic hydroxyl groups excluding tert-OH is 1. The van der Waals surface area contributed by atoms with Crippen LogP contribution in [0.3, 0.4) is 0 Å². The molecule has 82 valence electrons. The van der Waals surface area contributed by atoms with Crippen LogP contribution in [0.25, 0.3) is 0 Å². The number of nitrogens with one attached hydrogen (secondary N) is 1. The first-order valence-electron chi connectivity index (χ1n) is 4.81. The summed E-state index contributed by atoms with van der Waals surface area (Å²) in [4.78, 5) is 11.5. The first-order valence-corrected chi connectivity index (χ1v) is 4.81. The van der Waals surface area contributed by atoms with Crippen molar-refractivity contribution in [1.29, 1.82) is 0 Å². The van der Waals surface area contributed by atoms with Gasteiger partial charge in [0.25, 0.3) is 5.91 Å². The number of carbonyl (C=O) groups excluding carboxylic acids is 1. The van der Waals surface area contributed by atoms with Crippen LogP contribution in [0.4, 0.5) is 0 Å². The molecule has 1 amide bonds. The number of carbonyl (C=O) groups is 1. The monoisotopic (exact) mass is 209 g/mol. The van der Waals surface area contributed by atoms with Gasteiger partial charge < -0.3 is 15.5 Å². The Hall–Kier alpha value is -1.55. The molecule has 1 aromatic carbocycles. The van der Waals surface area contributed by atoms with E-state index in [-0.39, 0.29) is 24.2 Å². The van der Waals surface area contributed by atoms with Crippen LogP contribution in [-0.2, 0) is 0 Å².